The van der Waals surface area contributed by atoms with Gasteiger partial charge in [-0.2, -0.15) is 0 Å². The van der Waals surface area contributed by atoms with E-state index in [1.54, 1.807) is 0 Å². The van der Waals surface area contributed by atoms with E-state index in [-0.39, 0.29) is 0 Å². The summed E-state index contributed by atoms with van der Waals surface area (Å²) in [5, 5.41) is 3.51. The third kappa shape index (κ3) is 2.67. The van der Waals surface area contributed by atoms with Gasteiger partial charge in [-0.05, 0) is 6.92 Å². The largest absolute Gasteiger partial charge is 0.364 e. The molecule has 4 heteroatoms. The van der Waals surface area contributed by atoms with Crippen molar-refractivity contribution in [3.63, 3.8) is 0 Å². The zero-order chi connectivity index (χ0) is 13.3. The number of hydrogen-bond acceptors (Lipinski definition) is 2. The van der Waals surface area contributed by atoms with Gasteiger partial charge < -0.3 is 19.2 Å². The third-order valence-electron chi connectivity index (χ3n) is 5.85. The van der Waals surface area contributed by atoms with Gasteiger partial charge in [-0.1, -0.05) is 6.58 Å². The maximum Gasteiger partial charge on any atom is 0.129 e. The summed E-state index contributed by atoms with van der Waals surface area (Å²) in [4.78, 5) is 2.47. The molecule has 3 heterocycles. The van der Waals surface area contributed by atoms with Crippen LogP contribution >= 0.6 is 0 Å². The van der Waals surface area contributed by atoms with Crippen LogP contribution in [0.4, 0.5) is 0 Å². The molecule has 2 spiro atoms. The predicted octanol–water partition coefficient (Wildman–Crippen LogP) is 0.0860. The smallest absolute Gasteiger partial charge is 0.129 e. The summed E-state index contributed by atoms with van der Waals surface area (Å²) in [6.07, 6.45) is 0. The van der Waals surface area contributed by atoms with Crippen molar-refractivity contribution in [2.45, 2.75) is 6.92 Å². The molecule has 3 aliphatic rings. The number of nitrogens with zero attached hydrogens (tertiary/aromatic N) is 3. The molecule has 4 nitrogen and oxygen atoms in total. The molecule has 0 saturated carbocycles. The van der Waals surface area contributed by atoms with Crippen molar-refractivity contribution in [2.75, 3.05) is 78.5 Å². The second-order valence-electron chi connectivity index (χ2n) is 6.94. The van der Waals surface area contributed by atoms with Crippen molar-refractivity contribution < 1.29 is 8.97 Å². The maximum absolute atomic E-state index is 4.09. The van der Waals surface area contributed by atoms with Crippen molar-refractivity contribution >= 4 is 0 Å². The van der Waals surface area contributed by atoms with Crippen LogP contribution in [0.5, 0.6) is 0 Å². The van der Waals surface area contributed by atoms with Crippen LogP contribution in [0.2, 0.25) is 0 Å². The fourth-order valence-electron chi connectivity index (χ4n) is 4.11. The van der Waals surface area contributed by atoms with E-state index in [9.17, 15) is 0 Å². The molecular weight excluding hydrogens is 236 g/mol. The minimum Gasteiger partial charge on any atom is -0.364 e. The normalized spacial score (nSPS) is 29.6. The van der Waals surface area contributed by atoms with E-state index < -0.39 is 0 Å². The molecule has 3 saturated heterocycles. The third-order valence-corrected chi connectivity index (χ3v) is 5.85. The zero-order valence-corrected chi connectivity index (χ0v) is 12.5. The number of rotatable bonds is 1. The highest BCUT2D eigenvalue weighted by atomic mass is 15.5. The Morgan fingerprint density at radius 3 is 1.79 bits per heavy atom. The quantitative estimate of drug-likeness (QED) is 0.677. The molecule has 19 heavy (non-hydrogen) atoms. The van der Waals surface area contributed by atoms with Crippen LogP contribution in [-0.4, -0.2) is 92.4 Å². The van der Waals surface area contributed by atoms with Crippen LogP contribution in [-0.2, 0) is 0 Å². The Hall–Kier alpha value is -0.580. The molecule has 1 N–H and O–H groups in total. The molecule has 0 aromatic carbocycles. The summed E-state index contributed by atoms with van der Waals surface area (Å²) in [5.41, 5.74) is 1.25. The van der Waals surface area contributed by atoms with Gasteiger partial charge >= 0.3 is 0 Å². The highest BCUT2D eigenvalue weighted by Crippen LogP contribution is 2.23. The molecular formula is C15H30N4+2. The Morgan fingerprint density at radius 1 is 0.842 bits per heavy atom. The molecule has 3 rings (SSSR count). The highest BCUT2D eigenvalue weighted by Gasteiger charge is 2.43. The van der Waals surface area contributed by atoms with Crippen molar-refractivity contribution in [3.8, 4) is 0 Å². The molecule has 0 amide bonds. The second-order valence-corrected chi connectivity index (χ2v) is 6.94. The van der Waals surface area contributed by atoms with Gasteiger partial charge in [0.15, 0.2) is 0 Å². The van der Waals surface area contributed by atoms with E-state index in [1.165, 1.54) is 93.2 Å². The van der Waals surface area contributed by atoms with Crippen molar-refractivity contribution in [1.29, 1.82) is 0 Å². The van der Waals surface area contributed by atoms with E-state index in [0.29, 0.717) is 0 Å². The van der Waals surface area contributed by atoms with Crippen LogP contribution in [0.3, 0.4) is 0 Å². The van der Waals surface area contributed by atoms with Crippen molar-refractivity contribution in [2.24, 2.45) is 0 Å². The van der Waals surface area contributed by atoms with Gasteiger partial charge in [-0.15, -0.1) is 0 Å². The number of quaternary nitrogens is 2. The first kappa shape index (κ1) is 13.4. The maximum atomic E-state index is 4.09. The average Bonchev–Trinajstić information content (AvgIpc) is 2.44. The van der Waals surface area contributed by atoms with Crippen LogP contribution in [0, 0.1) is 0 Å². The van der Waals surface area contributed by atoms with E-state index in [0.717, 1.165) is 0 Å². The molecule has 0 aromatic rings. The standard InChI is InChI=1S/C15H30N4/c1-15(2)17-5-9-19(10-6-17)13-11-18(12-14-19)7-3-16-4-8-18/h16H,1,3-14H2,2H3/q+2. The first-order valence-electron chi connectivity index (χ1n) is 7.95. The van der Waals surface area contributed by atoms with Gasteiger partial charge in [-0.25, -0.2) is 0 Å². The van der Waals surface area contributed by atoms with Crippen LogP contribution in [0.25, 0.3) is 0 Å². The topological polar surface area (TPSA) is 15.3 Å². The molecule has 108 valence electrons. The van der Waals surface area contributed by atoms with Crippen LogP contribution in [0.15, 0.2) is 12.3 Å². The number of hydrogen-bond donors (Lipinski definition) is 1. The zero-order valence-electron chi connectivity index (χ0n) is 12.5. The van der Waals surface area contributed by atoms with E-state index in [4.69, 9.17) is 0 Å². The van der Waals surface area contributed by atoms with Crippen molar-refractivity contribution in [3.05, 3.63) is 12.3 Å². The Bertz CT molecular complexity index is 326. The first-order valence-corrected chi connectivity index (χ1v) is 7.95. The Balaban J connectivity index is 1.56. The predicted molar refractivity (Wildman–Crippen MR) is 78.7 cm³/mol. The molecule has 0 atom stereocenters. The summed E-state index contributed by atoms with van der Waals surface area (Å²) >= 11 is 0. The first-order chi connectivity index (χ1) is 9.13. The lowest BCUT2D eigenvalue weighted by molar-refractivity contribution is -1.03. The summed E-state index contributed by atoms with van der Waals surface area (Å²) in [5.74, 6) is 0. The highest BCUT2D eigenvalue weighted by molar-refractivity contribution is 4.89. The van der Waals surface area contributed by atoms with E-state index in [2.05, 4.69) is 23.7 Å². The molecule has 3 fully saturated rings. The number of allylic oxidation sites excluding steroid dienone is 1. The van der Waals surface area contributed by atoms with Crippen LogP contribution < -0.4 is 5.32 Å². The van der Waals surface area contributed by atoms with Gasteiger partial charge in [0, 0.05) is 18.8 Å². The van der Waals surface area contributed by atoms with E-state index in [1.807, 2.05) is 0 Å². The summed E-state index contributed by atoms with van der Waals surface area (Å²) in [6, 6.07) is 0. The molecule has 0 radical (unpaired) electrons. The lowest BCUT2D eigenvalue weighted by Crippen LogP contribution is -2.72. The molecule has 0 aromatic heterocycles. The minimum atomic E-state index is 1.22. The molecule has 0 aliphatic carbocycles. The number of nitrogens with one attached hydrogen (secondary N) is 1. The number of piperazine rings is 3. The van der Waals surface area contributed by atoms with Gasteiger partial charge in [0.1, 0.15) is 26.2 Å². The fraction of sp³-hybridized carbons (Fsp3) is 0.867. The van der Waals surface area contributed by atoms with Gasteiger partial charge in [0.2, 0.25) is 0 Å². The van der Waals surface area contributed by atoms with Gasteiger partial charge in [0.05, 0.1) is 39.3 Å². The molecule has 0 unspecified atom stereocenters. The van der Waals surface area contributed by atoms with Gasteiger partial charge in [0.25, 0.3) is 0 Å². The average molecular weight is 266 g/mol. The monoisotopic (exact) mass is 266 g/mol. The Kier molecular flexibility index (Phi) is 3.58. The second kappa shape index (κ2) is 5.08. The SMILES string of the molecule is C=C(C)N1CC[N+]2(CC1)CC[N+]1(CCNCC1)CC2. The summed E-state index contributed by atoms with van der Waals surface area (Å²) in [7, 11) is 0. The van der Waals surface area contributed by atoms with Crippen LogP contribution in [0.1, 0.15) is 6.92 Å². The molecule has 0 bridgehead atoms. The lowest BCUT2D eigenvalue weighted by atomic mass is 10.1. The fourth-order valence-corrected chi connectivity index (χ4v) is 4.11. The van der Waals surface area contributed by atoms with E-state index >= 15 is 0 Å². The molecule has 3 aliphatic heterocycles. The Morgan fingerprint density at radius 2 is 1.32 bits per heavy atom. The summed E-state index contributed by atoms with van der Waals surface area (Å²) < 4.78 is 2.79. The minimum absolute atomic E-state index is 1.22. The van der Waals surface area contributed by atoms with Crippen molar-refractivity contribution in [1.82, 2.24) is 10.2 Å². The lowest BCUT2D eigenvalue weighted by Gasteiger charge is -2.53. The van der Waals surface area contributed by atoms with Gasteiger partial charge in [-0.3, -0.25) is 0 Å². The summed E-state index contributed by atoms with van der Waals surface area (Å²) in [6.45, 7) is 22.2. The Labute approximate surface area is 117 Å².